The Morgan fingerprint density at radius 2 is 0.841 bits per heavy atom. The molecule has 0 unspecified atom stereocenters. The van der Waals surface area contributed by atoms with Crippen molar-refractivity contribution in [3.8, 4) is 27.9 Å². The van der Waals surface area contributed by atoms with Crippen LogP contribution < -0.4 is 4.90 Å². The molecule has 0 fully saturated rings. The van der Waals surface area contributed by atoms with Crippen LogP contribution in [0.1, 0.15) is 22.3 Å². The van der Waals surface area contributed by atoms with Crippen LogP contribution in [-0.4, -0.2) is 4.57 Å². The predicted molar refractivity (Wildman–Crippen MR) is 264 cm³/mol. The summed E-state index contributed by atoms with van der Waals surface area (Å²) >= 11 is 0. The molecule has 0 aliphatic heterocycles. The van der Waals surface area contributed by atoms with Crippen LogP contribution in [0.25, 0.3) is 82.1 Å². The lowest BCUT2D eigenvalue weighted by atomic mass is 9.61. The molecule has 1 aromatic heterocycles. The maximum atomic E-state index is 2.50. The van der Waals surface area contributed by atoms with Crippen molar-refractivity contribution >= 4 is 71.2 Å². The smallest absolute Gasteiger partial charge is 0.0725 e. The van der Waals surface area contributed by atoms with E-state index in [4.69, 9.17) is 0 Å². The van der Waals surface area contributed by atoms with Crippen molar-refractivity contribution in [2.45, 2.75) is 5.41 Å². The van der Waals surface area contributed by atoms with E-state index in [0.29, 0.717) is 0 Å². The van der Waals surface area contributed by atoms with E-state index in [2.05, 4.69) is 240 Å². The normalized spacial score (nSPS) is 13.2. The molecule has 0 amide bonds. The zero-order valence-corrected chi connectivity index (χ0v) is 34.3. The van der Waals surface area contributed by atoms with Gasteiger partial charge in [0.1, 0.15) is 0 Å². The third-order valence-electron chi connectivity index (χ3n) is 14.1. The Morgan fingerprint density at radius 1 is 0.317 bits per heavy atom. The van der Waals surface area contributed by atoms with Gasteiger partial charge in [0.15, 0.2) is 0 Å². The van der Waals surface area contributed by atoms with Gasteiger partial charge in [0.05, 0.1) is 22.1 Å². The zero-order chi connectivity index (χ0) is 41.2. The molecule has 1 heterocycles. The summed E-state index contributed by atoms with van der Waals surface area (Å²) in [5.41, 5.74) is 17.0. The highest BCUT2D eigenvalue weighted by Gasteiger charge is 2.50. The maximum Gasteiger partial charge on any atom is 0.0725 e. The van der Waals surface area contributed by atoms with E-state index in [9.17, 15) is 0 Å². The molecule has 2 aliphatic rings. The van der Waals surface area contributed by atoms with E-state index in [1.165, 1.54) is 98.6 Å². The molecule has 0 N–H and O–H groups in total. The van der Waals surface area contributed by atoms with Gasteiger partial charge in [-0.1, -0.05) is 182 Å². The van der Waals surface area contributed by atoms with Gasteiger partial charge in [0.2, 0.25) is 0 Å². The van der Waals surface area contributed by atoms with Crippen molar-refractivity contribution < 1.29 is 0 Å². The number of aromatic nitrogens is 1. The van der Waals surface area contributed by atoms with Crippen molar-refractivity contribution in [2.75, 3.05) is 4.90 Å². The lowest BCUT2D eigenvalue weighted by Gasteiger charge is -2.40. The molecule has 2 nitrogen and oxygen atoms in total. The van der Waals surface area contributed by atoms with Crippen LogP contribution in [0.3, 0.4) is 0 Å². The molecule has 1 spiro atoms. The minimum atomic E-state index is -0.470. The van der Waals surface area contributed by atoms with Gasteiger partial charge < -0.3 is 9.47 Å². The highest BCUT2D eigenvalue weighted by molar-refractivity contribution is 6.14. The van der Waals surface area contributed by atoms with Crippen LogP contribution in [0.5, 0.6) is 0 Å². The molecule has 292 valence electrons. The number of hydrogen-bond acceptors (Lipinski definition) is 1. The molecule has 0 radical (unpaired) electrons. The monoisotopic (exact) mass is 798 g/mol. The molecule has 11 aromatic carbocycles. The fraction of sp³-hybridized carbons (Fsp3) is 0.0164. The van der Waals surface area contributed by atoms with E-state index in [1.54, 1.807) is 0 Å². The largest absolute Gasteiger partial charge is 0.310 e. The van der Waals surface area contributed by atoms with Crippen molar-refractivity contribution in [3.63, 3.8) is 0 Å². The summed E-state index contributed by atoms with van der Waals surface area (Å²) in [6.45, 7) is 0. The SMILES string of the molecule is c1ccc2c(c1)-c1ccccc1C21c2ccccc2-c2ccc(N(c3ccc4ccccc4c3)c3ccc4c5ccccc5n(-c5ccc6ccccc6c5)c4c3)c3cccc1c23. The maximum absolute atomic E-state index is 2.50. The predicted octanol–water partition coefficient (Wildman–Crippen LogP) is 16.1. The summed E-state index contributed by atoms with van der Waals surface area (Å²) in [6.07, 6.45) is 0. The van der Waals surface area contributed by atoms with Crippen LogP contribution in [0.4, 0.5) is 17.1 Å². The first-order valence-electron chi connectivity index (χ1n) is 21.9. The average molecular weight is 799 g/mol. The van der Waals surface area contributed by atoms with Crippen LogP contribution >= 0.6 is 0 Å². The number of benzene rings is 11. The summed E-state index contributed by atoms with van der Waals surface area (Å²) in [7, 11) is 0. The first-order valence-corrected chi connectivity index (χ1v) is 21.9. The first-order chi connectivity index (χ1) is 31.3. The van der Waals surface area contributed by atoms with Gasteiger partial charge in [-0.15, -0.1) is 0 Å². The molecular formula is C61H38N2. The quantitative estimate of drug-likeness (QED) is 0.172. The van der Waals surface area contributed by atoms with Crippen LogP contribution in [-0.2, 0) is 5.41 Å². The number of para-hydroxylation sites is 1. The van der Waals surface area contributed by atoms with E-state index in [1.807, 2.05) is 0 Å². The zero-order valence-electron chi connectivity index (χ0n) is 34.3. The molecule has 12 aromatic rings. The second-order valence-corrected chi connectivity index (χ2v) is 17.2. The Balaban J connectivity index is 1.07. The molecule has 2 aliphatic carbocycles. The topological polar surface area (TPSA) is 8.17 Å². The Labute approximate surface area is 365 Å². The standard InChI is InChI=1S/C61H38N2/c1-3-16-41-36-43(30-28-39(41)14-1)62(45-32-33-50-49-21-8-12-27-57(49)63(59(50)38-45)44-31-29-40-15-2-4-17-42(40)37-44)58-35-34-51-48-20-7-11-25-55(48)61(56-26-13-22-52(58)60(51)56)53-23-9-5-18-46(53)47-19-6-10-24-54(47)61/h1-38H. The lowest BCUT2D eigenvalue weighted by molar-refractivity contribution is 0.773. The van der Waals surface area contributed by atoms with E-state index in [-0.39, 0.29) is 0 Å². The van der Waals surface area contributed by atoms with Crippen LogP contribution in [0.2, 0.25) is 0 Å². The lowest BCUT2D eigenvalue weighted by Crippen LogP contribution is -2.31. The first kappa shape index (κ1) is 34.5. The Bertz CT molecular complexity index is 3840. The van der Waals surface area contributed by atoms with Crippen LogP contribution in [0.15, 0.2) is 231 Å². The Kier molecular flexibility index (Phi) is 7.07. The minimum absolute atomic E-state index is 0.470. The van der Waals surface area contributed by atoms with Gasteiger partial charge in [-0.2, -0.15) is 0 Å². The summed E-state index contributed by atoms with van der Waals surface area (Å²) in [6, 6.07) is 86.1. The number of fused-ring (bicyclic) bond motifs is 14. The fourth-order valence-electron chi connectivity index (χ4n) is 11.6. The van der Waals surface area contributed by atoms with Gasteiger partial charge in [-0.05, 0) is 120 Å². The van der Waals surface area contributed by atoms with Crippen molar-refractivity contribution in [2.24, 2.45) is 0 Å². The molecule has 14 rings (SSSR count). The van der Waals surface area contributed by atoms with Gasteiger partial charge in [-0.25, -0.2) is 0 Å². The van der Waals surface area contributed by atoms with Crippen molar-refractivity contribution in [1.82, 2.24) is 4.57 Å². The molecular weight excluding hydrogens is 761 g/mol. The summed E-state index contributed by atoms with van der Waals surface area (Å²) in [5.74, 6) is 0. The van der Waals surface area contributed by atoms with E-state index in [0.717, 1.165) is 22.7 Å². The summed E-state index contributed by atoms with van der Waals surface area (Å²) in [5, 5.41) is 9.90. The molecule has 63 heavy (non-hydrogen) atoms. The number of nitrogens with zero attached hydrogens (tertiary/aromatic N) is 2. The minimum Gasteiger partial charge on any atom is -0.310 e. The molecule has 2 heteroatoms. The van der Waals surface area contributed by atoms with Crippen molar-refractivity contribution in [1.29, 1.82) is 0 Å². The summed E-state index contributed by atoms with van der Waals surface area (Å²) in [4.78, 5) is 2.50. The molecule has 0 saturated heterocycles. The van der Waals surface area contributed by atoms with Gasteiger partial charge in [-0.3, -0.25) is 0 Å². The van der Waals surface area contributed by atoms with Gasteiger partial charge in [0.25, 0.3) is 0 Å². The molecule has 0 atom stereocenters. The van der Waals surface area contributed by atoms with E-state index >= 15 is 0 Å². The number of rotatable bonds is 4. The second-order valence-electron chi connectivity index (χ2n) is 17.2. The van der Waals surface area contributed by atoms with Crippen molar-refractivity contribution in [3.05, 3.63) is 253 Å². The Morgan fingerprint density at radius 3 is 1.57 bits per heavy atom. The second kappa shape index (κ2) is 12.9. The molecule has 0 bridgehead atoms. The number of anilines is 3. The molecule has 0 saturated carbocycles. The fourth-order valence-corrected chi connectivity index (χ4v) is 11.6. The third kappa shape index (κ3) is 4.67. The average Bonchev–Trinajstić information content (AvgIpc) is 3.84. The Hall–Kier alpha value is -8.20. The highest BCUT2D eigenvalue weighted by atomic mass is 15.1. The number of hydrogen-bond donors (Lipinski definition) is 0. The highest BCUT2D eigenvalue weighted by Crippen LogP contribution is 2.62. The van der Waals surface area contributed by atoms with Crippen LogP contribution in [0, 0.1) is 0 Å². The van der Waals surface area contributed by atoms with Gasteiger partial charge >= 0.3 is 0 Å². The van der Waals surface area contributed by atoms with E-state index < -0.39 is 5.41 Å². The van der Waals surface area contributed by atoms with Gasteiger partial charge in [0, 0.05) is 33.2 Å². The third-order valence-corrected chi connectivity index (χ3v) is 14.1. The summed E-state index contributed by atoms with van der Waals surface area (Å²) < 4.78 is 2.45.